The molecule has 0 aromatic heterocycles. The Bertz CT molecular complexity index is 981. The van der Waals surface area contributed by atoms with Crippen molar-refractivity contribution in [1.29, 1.82) is 0 Å². The number of amides is 1. The van der Waals surface area contributed by atoms with E-state index in [0.29, 0.717) is 21.5 Å². The molecule has 0 bridgehead atoms. The van der Waals surface area contributed by atoms with Gasteiger partial charge in [-0.05, 0) is 44.9 Å². The van der Waals surface area contributed by atoms with Crippen LogP contribution in [-0.4, -0.2) is 26.3 Å². The number of rotatable bonds is 5. The first-order valence-corrected chi connectivity index (χ1v) is 8.66. The van der Waals surface area contributed by atoms with Gasteiger partial charge in [0.1, 0.15) is 0 Å². The van der Waals surface area contributed by atoms with Crippen LogP contribution in [0.25, 0.3) is 10.8 Å². The molecule has 1 N–H and O–H groups in total. The molecule has 0 atom stereocenters. The molecule has 0 unspecified atom stereocenters. The van der Waals surface area contributed by atoms with Gasteiger partial charge in [0.2, 0.25) is 0 Å². The van der Waals surface area contributed by atoms with E-state index in [1.807, 2.05) is 42.5 Å². The summed E-state index contributed by atoms with van der Waals surface area (Å²) < 4.78 is 11.3. The lowest BCUT2D eigenvalue weighted by atomic mass is 10.0. The Kier molecular flexibility index (Phi) is 5.53. The molecule has 0 aliphatic heterocycles. The average Bonchev–Trinajstić information content (AvgIpc) is 2.68. The zero-order valence-electron chi connectivity index (χ0n) is 14.3. The second-order valence-electron chi connectivity index (χ2n) is 5.43. The molecule has 3 rings (SSSR count). The van der Waals surface area contributed by atoms with Crippen LogP contribution in [0.4, 0.5) is 0 Å². The summed E-state index contributed by atoms with van der Waals surface area (Å²) in [4.78, 5) is 12.5. The van der Waals surface area contributed by atoms with Crippen molar-refractivity contribution in [1.82, 2.24) is 5.43 Å². The molecule has 3 aromatic carbocycles. The molecule has 0 heterocycles. The van der Waals surface area contributed by atoms with Crippen LogP contribution >= 0.6 is 15.9 Å². The number of hydrogen-bond acceptors (Lipinski definition) is 4. The Morgan fingerprint density at radius 2 is 1.81 bits per heavy atom. The maximum absolute atomic E-state index is 12.5. The summed E-state index contributed by atoms with van der Waals surface area (Å²) in [5.41, 5.74) is 3.90. The van der Waals surface area contributed by atoms with Gasteiger partial charge < -0.3 is 9.47 Å². The van der Waals surface area contributed by atoms with Gasteiger partial charge in [0.15, 0.2) is 11.5 Å². The summed E-state index contributed by atoms with van der Waals surface area (Å²) in [6, 6.07) is 16.9. The first kappa shape index (κ1) is 17.9. The summed E-state index contributed by atoms with van der Waals surface area (Å²) in [5.74, 6) is 0.905. The van der Waals surface area contributed by atoms with Crippen molar-refractivity contribution in [2.75, 3.05) is 14.2 Å². The lowest BCUT2D eigenvalue weighted by Crippen LogP contribution is -2.18. The fourth-order valence-corrected chi connectivity index (χ4v) is 3.24. The summed E-state index contributed by atoms with van der Waals surface area (Å²) >= 11 is 3.47. The molecule has 132 valence electrons. The van der Waals surface area contributed by atoms with Gasteiger partial charge >= 0.3 is 0 Å². The highest BCUT2D eigenvalue weighted by Gasteiger charge is 2.12. The van der Waals surface area contributed by atoms with Gasteiger partial charge in [-0.3, -0.25) is 4.79 Å². The number of carbonyl (C=O) groups excluding carboxylic acids is 1. The summed E-state index contributed by atoms with van der Waals surface area (Å²) in [6.45, 7) is 0. The van der Waals surface area contributed by atoms with Gasteiger partial charge in [-0.1, -0.05) is 36.4 Å². The minimum Gasteiger partial charge on any atom is -0.493 e. The number of ether oxygens (including phenoxy) is 2. The van der Waals surface area contributed by atoms with Crippen molar-refractivity contribution in [2.24, 2.45) is 5.10 Å². The molecule has 26 heavy (non-hydrogen) atoms. The van der Waals surface area contributed by atoms with Gasteiger partial charge in [-0.15, -0.1) is 0 Å². The molecular formula is C20H17BrN2O3. The number of carbonyl (C=O) groups is 1. The standard InChI is InChI=1S/C20H17BrN2O3/c1-25-17-11-10-14(18(21)19(17)26-2)12-22-23-20(24)16-9-5-7-13-6-3-4-8-15(13)16/h3-12H,1-2H3,(H,23,24)/b22-12-. The molecule has 0 aliphatic carbocycles. The Hall–Kier alpha value is -2.86. The van der Waals surface area contributed by atoms with Crippen LogP contribution in [0, 0.1) is 0 Å². The molecule has 0 radical (unpaired) electrons. The van der Waals surface area contributed by atoms with E-state index in [1.165, 1.54) is 0 Å². The van der Waals surface area contributed by atoms with Gasteiger partial charge in [0.05, 0.1) is 24.9 Å². The summed E-state index contributed by atoms with van der Waals surface area (Å²) in [5, 5.41) is 5.96. The first-order chi connectivity index (χ1) is 12.7. The van der Waals surface area contributed by atoms with Crippen LogP contribution in [-0.2, 0) is 0 Å². The third-order valence-electron chi connectivity index (χ3n) is 3.92. The fraction of sp³-hybridized carbons (Fsp3) is 0.100. The van der Waals surface area contributed by atoms with E-state index in [0.717, 1.165) is 16.3 Å². The number of benzene rings is 3. The zero-order chi connectivity index (χ0) is 18.5. The Morgan fingerprint density at radius 3 is 2.58 bits per heavy atom. The lowest BCUT2D eigenvalue weighted by molar-refractivity contribution is 0.0957. The van der Waals surface area contributed by atoms with Gasteiger partial charge in [-0.25, -0.2) is 5.43 Å². The third-order valence-corrected chi connectivity index (χ3v) is 4.74. The topological polar surface area (TPSA) is 59.9 Å². The molecule has 0 fully saturated rings. The molecular weight excluding hydrogens is 396 g/mol. The van der Waals surface area contributed by atoms with E-state index in [9.17, 15) is 4.79 Å². The number of methoxy groups -OCH3 is 2. The van der Waals surface area contributed by atoms with Crippen LogP contribution < -0.4 is 14.9 Å². The highest BCUT2D eigenvalue weighted by Crippen LogP contribution is 2.36. The summed E-state index contributed by atoms with van der Waals surface area (Å²) in [7, 11) is 3.13. The first-order valence-electron chi connectivity index (χ1n) is 7.87. The van der Waals surface area contributed by atoms with E-state index in [1.54, 1.807) is 32.6 Å². The highest BCUT2D eigenvalue weighted by atomic mass is 79.9. The van der Waals surface area contributed by atoms with Gasteiger partial charge in [-0.2, -0.15) is 5.10 Å². The SMILES string of the molecule is COc1ccc(/C=N\NC(=O)c2cccc3ccccc23)c(Br)c1OC. The maximum Gasteiger partial charge on any atom is 0.271 e. The molecule has 5 nitrogen and oxygen atoms in total. The van der Waals surface area contributed by atoms with Gasteiger partial charge in [0.25, 0.3) is 5.91 Å². The number of nitrogens with zero attached hydrogens (tertiary/aromatic N) is 1. The normalized spacial score (nSPS) is 10.9. The molecule has 0 saturated carbocycles. The molecule has 3 aromatic rings. The van der Waals surface area contributed by atoms with Crippen molar-refractivity contribution in [3.8, 4) is 11.5 Å². The fourth-order valence-electron chi connectivity index (χ4n) is 2.65. The van der Waals surface area contributed by atoms with Gasteiger partial charge in [0, 0.05) is 11.1 Å². The van der Waals surface area contributed by atoms with E-state index in [-0.39, 0.29) is 5.91 Å². The highest BCUT2D eigenvalue weighted by molar-refractivity contribution is 9.10. The van der Waals surface area contributed by atoms with Crippen LogP contribution in [0.5, 0.6) is 11.5 Å². The molecule has 0 spiro atoms. The number of nitrogens with one attached hydrogen (secondary N) is 1. The second kappa shape index (κ2) is 8.01. The Morgan fingerprint density at radius 1 is 1.04 bits per heavy atom. The van der Waals surface area contributed by atoms with E-state index in [4.69, 9.17) is 9.47 Å². The largest absolute Gasteiger partial charge is 0.493 e. The quantitative estimate of drug-likeness (QED) is 0.499. The zero-order valence-corrected chi connectivity index (χ0v) is 15.9. The van der Waals surface area contributed by atoms with Crippen molar-refractivity contribution >= 4 is 38.8 Å². The van der Waals surface area contributed by atoms with Crippen molar-refractivity contribution < 1.29 is 14.3 Å². The predicted octanol–water partition coefficient (Wildman–Crippen LogP) is 4.38. The van der Waals surface area contributed by atoms with Crippen molar-refractivity contribution in [3.05, 3.63) is 70.2 Å². The van der Waals surface area contributed by atoms with Crippen molar-refractivity contribution in [3.63, 3.8) is 0 Å². The van der Waals surface area contributed by atoms with E-state index >= 15 is 0 Å². The lowest BCUT2D eigenvalue weighted by Gasteiger charge is -2.10. The van der Waals surface area contributed by atoms with Crippen LogP contribution in [0.15, 0.2) is 64.2 Å². The number of hydrogen-bond donors (Lipinski definition) is 1. The summed E-state index contributed by atoms with van der Waals surface area (Å²) in [6.07, 6.45) is 1.55. The molecule has 0 aliphatic rings. The molecule has 1 amide bonds. The molecule has 6 heteroatoms. The third kappa shape index (κ3) is 3.55. The maximum atomic E-state index is 12.5. The smallest absolute Gasteiger partial charge is 0.271 e. The monoisotopic (exact) mass is 412 g/mol. The second-order valence-corrected chi connectivity index (χ2v) is 6.22. The Labute approximate surface area is 159 Å². The van der Waals surface area contributed by atoms with E-state index < -0.39 is 0 Å². The number of fused-ring (bicyclic) bond motifs is 1. The average molecular weight is 413 g/mol. The van der Waals surface area contributed by atoms with Crippen LogP contribution in [0.3, 0.4) is 0 Å². The minimum absolute atomic E-state index is 0.269. The Balaban J connectivity index is 1.81. The van der Waals surface area contributed by atoms with Crippen molar-refractivity contribution in [2.45, 2.75) is 0 Å². The predicted molar refractivity (Wildman–Crippen MR) is 106 cm³/mol. The number of halogens is 1. The van der Waals surface area contributed by atoms with E-state index in [2.05, 4.69) is 26.5 Å². The minimum atomic E-state index is -0.269. The van der Waals surface area contributed by atoms with Crippen LogP contribution in [0.2, 0.25) is 0 Å². The van der Waals surface area contributed by atoms with Crippen LogP contribution in [0.1, 0.15) is 15.9 Å². The molecule has 0 saturated heterocycles. The number of hydrazone groups is 1.